The van der Waals surface area contributed by atoms with Gasteiger partial charge in [-0.05, 0) is 80.9 Å². The minimum atomic E-state index is -1.36. The second-order valence-corrected chi connectivity index (χ2v) is 12.4. The summed E-state index contributed by atoms with van der Waals surface area (Å²) in [5, 5.41) is 55.3. The van der Waals surface area contributed by atoms with Crippen LogP contribution in [0.4, 0.5) is 0 Å². The second-order valence-electron chi connectivity index (χ2n) is 12.4. The molecule has 0 spiro atoms. The van der Waals surface area contributed by atoms with E-state index in [1.807, 2.05) is 13.8 Å². The van der Waals surface area contributed by atoms with Crippen LogP contribution in [0.15, 0.2) is 23.3 Å². The molecule has 6 heteroatoms. The minimum Gasteiger partial charge on any atom is -0.390 e. The topological polar surface area (TPSA) is 118 Å². The number of hydrogen-bond donors (Lipinski definition) is 5. The molecule has 0 saturated heterocycles. The Balaban J connectivity index is 1.72. The molecule has 0 radical (unpaired) electrons. The lowest BCUT2D eigenvalue weighted by Crippen LogP contribution is -2.60. The van der Waals surface area contributed by atoms with Gasteiger partial charge in [0.25, 0.3) is 0 Å². The first kappa shape index (κ1) is 25.1. The lowest BCUT2D eigenvalue weighted by molar-refractivity contribution is -0.155. The maximum atomic E-state index is 13.2. The van der Waals surface area contributed by atoms with E-state index in [9.17, 15) is 30.3 Å². The van der Waals surface area contributed by atoms with Gasteiger partial charge in [-0.25, -0.2) is 0 Å². The van der Waals surface area contributed by atoms with E-state index in [1.165, 1.54) is 0 Å². The van der Waals surface area contributed by atoms with Crippen molar-refractivity contribution in [3.05, 3.63) is 23.3 Å². The zero-order valence-electron chi connectivity index (χ0n) is 20.7. The molecule has 33 heavy (non-hydrogen) atoms. The molecule has 0 aromatic carbocycles. The largest absolute Gasteiger partial charge is 0.390 e. The summed E-state index contributed by atoms with van der Waals surface area (Å²) >= 11 is 0. The van der Waals surface area contributed by atoms with Crippen LogP contribution in [0.2, 0.25) is 0 Å². The monoisotopic (exact) mass is 462 g/mol. The van der Waals surface area contributed by atoms with Crippen LogP contribution in [0.1, 0.15) is 79.6 Å². The molecule has 4 aliphatic rings. The van der Waals surface area contributed by atoms with Gasteiger partial charge in [-0.1, -0.05) is 33.8 Å². The first-order valence-corrected chi connectivity index (χ1v) is 12.6. The van der Waals surface area contributed by atoms with Crippen molar-refractivity contribution in [2.24, 2.45) is 28.6 Å². The van der Waals surface area contributed by atoms with Crippen molar-refractivity contribution in [3.63, 3.8) is 0 Å². The van der Waals surface area contributed by atoms with E-state index in [-0.39, 0.29) is 24.5 Å². The molecule has 0 unspecified atom stereocenters. The van der Waals surface area contributed by atoms with E-state index >= 15 is 0 Å². The Morgan fingerprint density at radius 3 is 2.45 bits per heavy atom. The van der Waals surface area contributed by atoms with E-state index in [4.69, 9.17) is 0 Å². The van der Waals surface area contributed by atoms with Crippen LogP contribution in [0.5, 0.6) is 0 Å². The molecule has 2 fully saturated rings. The van der Waals surface area contributed by atoms with E-state index < -0.39 is 46.3 Å². The van der Waals surface area contributed by atoms with Gasteiger partial charge in [0.1, 0.15) is 0 Å². The molecule has 4 rings (SSSR count). The van der Waals surface area contributed by atoms with Crippen molar-refractivity contribution >= 4 is 5.78 Å². The van der Waals surface area contributed by atoms with Gasteiger partial charge in [0.15, 0.2) is 5.78 Å². The Morgan fingerprint density at radius 1 is 1.15 bits per heavy atom. The number of fused-ring (bicyclic) bond motifs is 5. The van der Waals surface area contributed by atoms with E-state index in [2.05, 4.69) is 19.9 Å². The highest BCUT2D eigenvalue weighted by molar-refractivity contribution is 5.97. The summed E-state index contributed by atoms with van der Waals surface area (Å²) in [6, 6.07) is 0. The Labute approximate surface area is 197 Å². The van der Waals surface area contributed by atoms with E-state index in [1.54, 1.807) is 13.0 Å². The average Bonchev–Trinajstić information content (AvgIpc) is 3.00. The van der Waals surface area contributed by atoms with Crippen molar-refractivity contribution in [1.82, 2.24) is 0 Å². The molecule has 186 valence electrons. The summed E-state index contributed by atoms with van der Waals surface area (Å²) in [5.74, 6) is -0.448. The first-order valence-electron chi connectivity index (χ1n) is 12.6. The average molecular weight is 463 g/mol. The van der Waals surface area contributed by atoms with Crippen molar-refractivity contribution in [2.45, 2.75) is 109 Å². The molecular weight excluding hydrogens is 420 g/mol. The SMILES string of the molecule is CC(C)CC[C@@H](O)[C@](C)(O)[C@H]1CC[C@@]2(O)C3=CC(=O)[C@@H]4C[C@@H](O)[C@@H](O)C[C@]4(C)C3=CC[C@]12C. The minimum absolute atomic E-state index is 0.111. The van der Waals surface area contributed by atoms with Gasteiger partial charge in [0.2, 0.25) is 0 Å². The van der Waals surface area contributed by atoms with Crippen LogP contribution in [0.25, 0.3) is 0 Å². The second kappa shape index (κ2) is 7.99. The molecule has 5 N–H and O–H groups in total. The van der Waals surface area contributed by atoms with Crippen LogP contribution < -0.4 is 0 Å². The highest BCUT2D eigenvalue weighted by atomic mass is 16.3. The molecule has 9 atom stereocenters. The number of carbonyl (C=O) groups excluding carboxylic acids is 1. The number of hydrogen-bond acceptors (Lipinski definition) is 6. The van der Waals surface area contributed by atoms with Gasteiger partial charge >= 0.3 is 0 Å². The summed E-state index contributed by atoms with van der Waals surface area (Å²) in [6.45, 7) is 9.81. The molecule has 0 amide bonds. The summed E-state index contributed by atoms with van der Waals surface area (Å²) in [7, 11) is 0. The summed E-state index contributed by atoms with van der Waals surface area (Å²) in [5.41, 5.74) is -2.53. The third-order valence-corrected chi connectivity index (χ3v) is 9.94. The molecule has 0 bridgehead atoms. The molecule has 0 aromatic rings. The number of rotatable bonds is 5. The van der Waals surface area contributed by atoms with Crippen LogP contribution in [0, 0.1) is 28.6 Å². The zero-order chi connectivity index (χ0) is 24.6. The highest BCUT2D eigenvalue weighted by Crippen LogP contribution is 2.66. The predicted molar refractivity (Wildman–Crippen MR) is 125 cm³/mol. The van der Waals surface area contributed by atoms with Gasteiger partial charge in [-0.3, -0.25) is 4.79 Å². The normalized spacial score (nSPS) is 45.5. The fourth-order valence-corrected chi connectivity index (χ4v) is 7.68. The third-order valence-electron chi connectivity index (χ3n) is 9.94. The summed E-state index contributed by atoms with van der Waals surface area (Å²) in [4.78, 5) is 13.2. The lowest BCUT2D eigenvalue weighted by Gasteiger charge is -2.57. The van der Waals surface area contributed by atoms with Crippen molar-refractivity contribution < 1.29 is 30.3 Å². The molecular formula is C27H42O6. The molecule has 6 nitrogen and oxygen atoms in total. The Bertz CT molecular complexity index is 874. The molecule has 0 aromatic heterocycles. The van der Waals surface area contributed by atoms with Crippen LogP contribution >= 0.6 is 0 Å². The smallest absolute Gasteiger partial charge is 0.160 e. The first-order chi connectivity index (χ1) is 15.2. The third kappa shape index (κ3) is 3.51. The Kier molecular flexibility index (Phi) is 6.07. The van der Waals surface area contributed by atoms with Crippen LogP contribution in [0.3, 0.4) is 0 Å². The van der Waals surface area contributed by atoms with Gasteiger partial charge in [-0.15, -0.1) is 0 Å². The number of carbonyl (C=O) groups is 1. The molecule has 2 saturated carbocycles. The van der Waals surface area contributed by atoms with Gasteiger partial charge in [0, 0.05) is 16.7 Å². The number of allylic oxidation sites excluding steroid dienone is 2. The molecule has 0 aliphatic heterocycles. The van der Waals surface area contributed by atoms with Crippen molar-refractivity contribution in [1.29, 1.82) is 0 Å². The maximum absolute atomic E-state index is 13.2. The Hall–Kier alpha value is -1.05. The summed E-state index contributed by atoms with van der Waals surface area (Å²) < 4.78 is 0. The van der Waals surface area contributed by atoms with Crippen molar-refractivity contribution in [2.75, 3.05) is 0 Å². The van der Waals surface area contributed by atoms with Gasteiger partial charge in [-0.2, -0.15) is 0 Å². The molecule has 4 aliphatic carbocycles. The van der Waals surface area contributed by atoms with Gasteiger partial charge in [0.05, 0.1) is 29.5 Å². The maximum Gasteiger partial charge on any atom is 0.160 e. The van der Waals surface area contributed by atoms with E-state index in [0.29, 0.717) is 37.2 Å². The molecule has 0 heterocycles. The van der Waals surface area contributed by atoms with Crippen molar-refractivity contribution in [3.8, 4) is 0 Å². The fourth-order valence-electron chi connectivity index (χ4n) is 7.68. The predicted octanol–water partition coefficient (Wildman–Crippen LogP) is 2.66. The quantitative estimate of drug-likeness (QED) is 0.429. The highest BCUT2D eigenvalue weighted by Gasteiger charge is 2.67. The number of ketones is 1. The Morgan fingerprint density at radius 2 is 1.82 bits per heavy atom. The van der Waals surface area contributed by atoms with Crippen LogP contribution in [-0.4, -0.2) is 60.8 Å². The van der Waals surface area contributed by atoms with Crippen LogP contribution in [-0.2, 0) is 4.79 Å². The zero-order valence-corrected chi connectivity index (χ0v) is 20.7. The lowest BCUT2D eigenvalue weighted by atomic mass is 9.49. The number of aliphatic hydroxyl groups excluding tert-OH is 3. The standard InChI is InChI=1S/C27H42O6/c1-15(2)6-7-23(31)26(5,32)22-9-11-27(33)17-12-19(28)18-13-20(29)21(30)14-24(18,3)16(17)8-10-25(22,27)4/h8,12,15,18,20-23,29-33H,6-7,9-11,13-14H2,1-5H3/t18-,20+,21-,22-,23+,24+,25+,26+,27+/m0/s1. The number of aliphatic hydroxyl groups is 5. The van der Waals surface area contributed by atoms with Gasteiger partial charge < -0.3 is 25.5 Å². The van der Waals surface area contributed by atoms with E-state index in [0.717, 1.165) is 12.0 Å². The summed E-state index contributed by atoms with van der Waals surface area (Å²) in [6.07, 6.45) is 4.19. The fraction of sp³-hybridized carbons (Fsp3) is 0.815.